The lowest BCUT2D eigenvalue weighted by Crippen LogP contribution is -2.14. The van der Waals surface area contributed by atoms with E-state index in [1.807, 2.05) is 26.0 Å². The number of aromatic amines is 1. The molecule has 0 aliphatic carbocycles. The summed E-state index contributed by atoms with van der Waals surface area (Å²) in [5.74, 6) is 0.835. The number of amides is 1. The summed E-state index contributed by atoms with van der Waals surface area (Å²) in [6, 6.07) is 10.2. The maximum atomic E-state index is 12.3. The largest absolute Gasteiger partial charge is 0.338 e. The molecule has 3 heterocycles. The number of imidazole rings is 1. The fourth-order valence-electron chi connectivity index (χ4n) is 3.16. The quantitative estimate of drug-likeness (QED) is 0.393. The van der Waals surface area contributed by atoms with Crippen LogP contribution in [0.1, 0.15) is 27.1 Å². The highest BCUT2D eigenvalue weighted by Gasteiger charge is 2.15. The van der Waals surface area contributed by atoms with Crippen molar-refractivity contribution in [1.82, 2.24) is 15.0 Å². The molecule has 1 aromatic carbocycles. The third kappa shape index (κ3) is 4.33. The Balaban J connectivity index is 1.42. The number of thiophene rings is 1. The minimum atomic E-state index is -0.156. The van der Waals surface area contributed by atoms with Crippen LogP contribution < -0.4 is 5.32 Å². The second-order valence-electron chi connectivity index (χ2n) is 7.36. The Bertz CT molecular complexity index is 1290. The zero-order valence-corrected chi connectivity index (χ0v) is 19.3. The summed E-state index contributed by atoms with van der Waals surface area (Å²) in [4.78, 5) is 25.9. The number of nitriles is 1. The van der Waals surface area contributed by atoms with E-state index in [-0.39, 0.29) is 11.7 Å². The van der Waals surface area contributed by atoms with E-state index >= 15 is 0 Å². The Kier molecular flexibility index (Phi) is 5.81. The molecule has 31 heavy (non-hydrogen) atoms. The van der Waals surface area contributed by atoms with Crippen molar-refractivity contribution in [3.8, 4) is 17.5 Å². The molecule has 0 saturated carbocycles. The van der Waals surface area contributed by atoms with Gasteiger partial charge in [0.1, 0.15) is 16.9 Å². The molecule has 0 fully saturated rings. The fraction of sp³-hybridized carbons (Fsp3) is 0.217. The van der Waals surface area contributed by atoms with Crippen LogP contribution in [0.15, 0.2) is 35.5 Å². The van der Waals surface area contributed by atoms with Gasteiger partial charge in [-0.2, -0.15) is 5.26 Å². The first-order chi connectivity index (χ1) is 14.9. The number of hydrogen-bond acceptors (Lipinski definition) is 6. The summed E-state index contributed by atoms with van der Waals surface area (Å²) < 4.78 is 0. The number of nitrogens with zero attached hydrogens (tertiary/aromatic N) is 3. The maximum absolute atomic E-state index is 12.3. The van der Waals surface area contributed by atoms with Gasteiger partial charge in [-0.15, -0.1) is 11.3 Å². The standard InChI is InChI=1S/C23H21N5OS2/c1-12-7-18-19(8-13(12)2)27-22(26-18)16-5-6-21(25-10-16)30-11-20(29)28-23-17(9-24)14(3)15(4)31-23/h5-8,10H,11H2,1-4H3,(H,26,27)(H,28,29). The molecule has 0 bridgehead atoms. The molecule has 0 aliphatic heterocycles. The van der Waals surface area contributed by atoms with E-state index in [0.29, 0.717) is 10.6 Å². The summed E-state index contributed by atoms with van der Waals surface area (Å²) in [5, 5.41) is 13.5. The summed E-state index contributed by atoms with van der Waals surface area (Å²) in [6.07, 6.45) is 1.76. The highest BCUT2D eigenvalue weighted by molar-refractivity contribution is 7.99. The van der Waals surface area contributed by atoms with Crippen molar-refractivity contribution >= 4 is 45.0 Å². The zero-order valence-electron chi connectivity index (χ0n) is 17.7. The van der Waals surface area contributed by atoms with E-state index < -0.39 is 0 Å². The van der Waals surface area contributed by atoms with Crippen LogP contribution >= 0.6 is 23.1 Å². The summed E-state index contributed by atoms with van der Waals surface area (Å²) in [5.41, 5.74) is 6.73. The highest BCUT2D eigenvalue weighted by Crippen LogP contribution is 2.32. The Morgan fingerprint density at radius 1 is 1.23 bits per heavy atom. The number of aryl methyl sites for hydroxylation is 3. The van der Waals surface area contributed by atoms with Crippen molar-refractivity contribution in [2.75, 3.05) is 11.1 Å². The number of rotatable bonds is 5. The number of fused-ring (bicyclic) bond motifs is 1. The van der Waals surface area contributed by atoms with E-state index in [2.05, 4.69) is 52.3 Å². The maximum Gasteiger partial charge on any atom is 0.235 e. The Hall–Kier alpha value is -3.15. The van der Waals surface area contributed by atoms with Crippen molar-refractivity contribution in [3.63, 3.8) is 0 Å². The lowest BCUT2D eigenvalue weighted by Gasteiger charge is -2.04. The van der Waals surface area contributed by atoms with Gasteiger partial charge in [0, 0.05) is 16.6 Å². The van der Waals surface area contributed by atoms with Gasteiger partial charge in [-0.25, -0.2) is 9.97 Å². The topological polar surface area (TPSA) is 94.5 Å². The monoisotopic (exact) mass is 447 g/mol. The van der Waals surface area contributed by atoms with Gasteiger partial charge >= 0.3 is 0 Å². The SMILES string of the molecule is Cc1cc2nc(-c3ccc(SCC(=O)Nc4sc(C)c(C)c4C#N)nc3)[nH]c2cc1C. The first kappa shape index (κ1) is 21.1. The number of carbonyl (C=O) groups excluding carboxylic acids is 1. The summed E-state index contributed by atoms with van der Waals surface area (Å²) in [6.45, 7) is 8.00. The van der Waals surface area contributed by atoms with Crippen LogP contribution in [0.4, 0.5) is 5.00 Å². The van der Waals surface area contributed by atoms with Gasteiger partial charge in [-0.05, 0) is 68.7 Å². The van der Waals surface area contributed by atoms with Crippen molar-refractivity contribution in [2.24, 2.45) is 0 Å². The van der Waals surface area contributed by atoms with E-state index in [1.54, 1.807) is 6.20 Å². The first-order valence-corrected chi connectivity index (χ1v) is 11.5. The second kappa shape index (κ2) is 8.53. The predicted octanol–water partition coefficient (Wildman–Crippen LogP) is 5.52. The minimum absolute atomic E-state index is 0.156. The van der Waals surface area contributed by atoms with Crippen LogP contribution in [0.3, 0.4) is 0 Å². The van der Waals surface area contributed by atoms with Gasteiger partial charge in [0.05, 0.1) is 27.4 Å². The average molecular weight is 448 g/mol. The zero-order chi connectivity index (χ0) is 22.1. The number of anilines is 1. The molecule has 0 atom stereocenters. The number of pyridine rings is 1. The van der Waals surface area contributed by atoms with Crippen LogP contribution in [-0.2, 0) is 4.79 Å². The molecule has 0 spiro atoms. The van der Waals surface area contributed by atoms with Crippen molar-refractivity contribution in [1.29, 1.82) is 5.26 Å². The average Bonchev–Trinajstić information content (AvgIpc) is 3.27. The van der Waals surface area contributed by atoms with Crippen LogP contribution in [0.5, 0.6) is 0 Å². The fourth-order valence-corrected chi connectivity index (χ4v) is 4.83. The van der Waals surface area contributed by atoms with Gasteiger partial charge in [0.25, 0.3) is 0 Å². The van der Waals surface area contributed by atoms with E-state index in [4.69, 9.17) is 0 Å². The summed E-state index contributed by atoms with van der Waals surface area (Å²) in [7, 11) is 0. The highest BCUT2D eigenvalue weighted by atomic mass is 32.2. The van der Waals surface area contributed by atoms with Crippen LogP contribution in [0, 0.1) is 39.0 Å². The molecular formula is C23H21N5OS2. The van der Waals surface area contributed by atoms with E-state index in [9.17, 15) is 10.1 Å². The first-order valence-electron chi connectivity index (χ1n) is 9.72. The molecule has 1 amide bonds. The number of carbonyl (C=O) groups is 1. The third-order valence-corrected chi connectivity index (χ3v) is 7.27. The van der Waals surface area contributed by atoms with Gasteiger partial charge < -0.3 is 10.3 Å². The summed E-state index contributed by atoms with van der Waals surface area (Å²) >= 11 is 2.78. The number of nitrogens with one attached hydrogen (secondary N) is 2. The lowest BCUT2D eigenvalue weighted by molar-refractivity contribution is -0.113. The molecule has 8 heteroatoms. The Morgan fingerprint density at radius 2 is 2.00 bits per heavy atom. The molecule has 6 nitrogen and oxygen atoms in total. The normalized spacial score (nSPS) is 10.9. The molecular weight excluding hydrogens is 426 g/mol. The Labute approximate surface area is 188 Å². The minimum Gasteiger partial charge on any atom is -0.338 e. The van der Waals surface area contributed by atoms with Gasteiger partial charge in [-0.1, -0.05) is 11.8 Å². The number of aromatic nitrogens is 3. The predicted molar refractivity (Wildman–Crippen MR) is 127 cm³/mol. The molecule has 2 N–H and O–H groups in total. The third-order valence-electron chi connectivity index (χ3n) is 5.21. The van der Waals surface area contributed by atoms with Crippen LogP contribution in [-0.4, -0.2) is 26.6 Å². The number of H-pyrrole nitrogens is 1. The van der Waals surface area contributed by atoms with E-state index in [1.165, 1.54) is 34.2 Å². The van der Waals surface area contributed by atoms with Crippen molar-refractivity contribution in [2.45, 2.75) is 32.7 Å². The molecule has 0 unspecified atom stereocenters. The van der Waals surface area contributed by atoms with Crippen molar-refractivity contribution < 1.29 is 4.79 Å². The Morgan fingerprint density at radius 3 is 2.71 bits per heavy atom. The van der Waals surface area contributed by atoms with Crippen LogP contribution in [0.2, 0.25) is 0 Å². The second-order valence-corrected chi connectivity index (χ2v) is 9.58. The molecule has 0 aliphatic rings. The number of benzene rings is 1. The van der Waals surface area contributed by atoms with Crippen molar-refractivity contribution in [3.05, 3.63) is 57.6 Å². The van der Waals surface area contributed by atoms with Crippen LogP contribution in [0.25, 0.3) is 22.4 Å². The molecule has 3 aromatic heterocycles. The van der Waals surface area contributed by atoms with Gasteiger partial charge in [-0.3, -0.25) is 4.79 Å². The molecule has 0 radical (unpaired) electrons. The smallest absolute Gasteiger partial charge is 0.235 e. The lowest BCUT2D eigenvalue weighted by atomic mass is 10.1. The number of hydrogen-bond donors (Lipinski definition) is 2. The molecule has 4 aromatic rings. The van der Waals surface area contributed by atoms with E-state index in [0.717, 1.165) is 37.9 Å². The molecule has 4 rings (SSSR count). The molecule has 0 saturated heterocycles. The number of thioether (sulfide) groups is 1. The van der Waals surface area contributed by atoms with Gasteiger partial charge in [0.2, 0.25) is 5.91 Å². The van der Waals surface area contributed by atoms with Gasteiger partial charge in [0.15, 0.2) is 0 Å². The molecule has 156 valence electrons.